The van der Waals surface area contributed by atoms with E-state index in [9.17, 15) is 9.90 Å². The lowest BCUT2D eigenvalue weighted by Gasteiger charge is -2.32. The number of benzene rings is 1. The summed E-state index contributed by atoms with van der Waals surface area (Å²) in [6.07, 6.45) is 3.27. The molecule has 0 aromatic heterocycles. The van der Waals surface area contributed by atoms with Crippen LogP contribution in [0, 0.1) is 19.8 Å². The predicted octanol–water partition coefficient (Wildman–Crippen LogP) is 2.69. The molecule has 2 rings (SSSR count). The van der Waals surface area contributed by atoms with Crippen LogP contribution in [-0.4, -0.2) is 42.2 Å². The van der Waals surface area contributed by atoms with Gasteiger partial charge in [-0.2, -0.15) is 0 Å². The average Bonchev–Trinajstić information content (AvgIpc) is 2.53. The standard InChI is InChI=1S/C18H27NO3/c1-14-7-8-17(15(2)11-14)22-10-4-6-18(21)19-9-3-5-16(12-19)13-20/h7-8,11,16,20H,3-6,9-10,12-13H2,1-2H3. The summed E-state index contributed by atoms with van der Waals surface area (Å²) in [4.78, 5) is 14.1. The third kappa shape index (κ3) is 4.73. The molecular formula is C18H27NO3. The zero-order chi connectivity index (χ0) is 15.9. The average molecular weight is 305 g/mol. The molecule has 1 amide bonds. The molecule has 1 unspecified atom stereocenters. The monoisotopic (exact) mass is 305 g/mol. The van der Waals surface area contributed by atoms with Crippen LogP contribution in [0.15, 0.2) is 18.2 Å². The van der Waals surface area contributed by atoms with Gasteiger partial charge in [0.25, 0.3) is 0 Å². The van der Waals surface area contributed by atoms with Crippen molar-refractivity contribution >= 4 is 5.91 Å². The van der Waals surface area contributed by atoms with E-state index in [1.807, 2.05) is 24.0 Å². The molecule has 122 valence electrons. The number of carbonyl (C=O) groups is 1. The van der Waals surface area contributed by atoms with Crippen LogP contribution in [0.25, 0.3) is 0 Å². The summed E-state index contributed by atoms with van der Waals surface area (Å²) in [5.41, 5.74) is 2.36. The van der Waals surface area contributed by atoms with Crippen LogP contribution >= 0.6 is 0 Å². The molecule has 4 heteroatoms. The largest absolute Gasteiger partial charge is 0.493 e. The SMILES string of the molecule is Cc1ccc(OCCCC(=O)N2CCCC(CO)C2)c(C)c1. The number of hydrogen-bond acceptors (Lipinski definition) is 3. The Hall–Kier alpha value is -1.55. The highest BCUT2D eigenvalue weighted by Crippen LogP contribution is 2.20. The number of aliphatic hydroxyl groups excluding tert-OH is 1. The van der Waals surface area contributed by atoms with E-state index in [0.29, 0.717) is 19.6 Å². The lowest BCUT2D eigenvalue weighted by molar-refractivity contribution is -0.133. The maximum Gasteiger partial charge on any atom is 0.222 e. The summed E-state index contributed by atoms with van der Waals surface area (Å²) in [5, 5.41) is 9.22. The number of ether oxygens (including phenoxy) is 1. The number of aliphatic hydroxyl groups is 1. The number of amides is 1. The molecule has 0 radical (unpaired) electrons. The van der Waals surface area contributed by atoms with Gasteiger partial charge in [-0.1, -0.05) is 17.7 Å². The Kier molecular flexibility index (Phi) is 6.25. The summed E-state index contributed by atoms with van der Waals surface area (Å²) < 4.78 is 5.76. The van der Waals surface area contributed by atoms with E-state index in [4.69, 9.17) is 4.74 Å². The first-order valence-corrected chi connectivity index (χ1v) is 8.19. The first-order chi connectivity index (χ1) is 10.6. The predicted molar refractivity (Wildman–Crippen MR) is 87.0 cm³/mol. The van der Waals surface area contributed by atoms with Gasteiger partial charge in [0.15, 0.2) is 0 Å². The highest BCUT2D eigenvalue weighted by molar-refractivity contribution is 5.76. The molecule has 1 N–H and O–H groups in total. The van der Waals surface area contributed by atoms with Gasteiger partial charge in [0.1, 0.15) is 5.75 Å². The van der Waals surface area contributed by atoms with Gasteiger partial charge >= 0.3 is 0 Å². The molecule has 22 heavy (non-hydrogen) atoms. The molecule has 0 bridgehead atoms. The first kappa shape index (κ1) is 16.8. The van der Waals surface area contributed by atoms with E-state index in [-0.39, 0.29) is 18.4 Å². The lowest BCUT2D eigenvalue weighted by atomic mass is 9.99. The number of rotatable bonds is 6. The minimum atomic E-state index is 0.180. The van der Waals surface area contributed by atoms with E-state index in [0.717, 1.165) is 37.1 Å². The number of piperidine rings is 1. The molecule has 4 nitrogen and oxygen atoms in total. The first-order valence-electron chi connectivity index (χ1n) is 8.19. The van der Waals surface area contributed by atoms with Gasteiger partial charge in [0.2, 0.25) is 5.91 Å². The fourth-order valence-corrected chi connectivity index (χ4v) is 2.97. The van der Waals surface area contributed by atoms with Gasteiger partial charge < -0.3 is 14.7 Å². The number of carbonyl (C=O) groups excluding carboxylic acids is 1. The molecular weight excluding hydrogens is 278 g/mol. The third-order valence-electron chi connectivity index (χ3n) is 4.25. The number of likely N-dealkylation sites (tertiary alicyclic amines) is 1. The van der Waals surface area contributed by atoms with Crippen LogP contribution in [0.3, 0.4) is 0 Å². The minimum Gasteiger partial charge on any atom is -0.493 e. The highest BCUT2D eigenvalue weighted by atomic mass is 16.5. The van der Waals surface area contributed by atoms with Gasteiger partial charge in [-0.3, -0.25) is 4.79 Å². The third-order valence-corrected chi connectivity index (χ3v) is 4.25. The van der Waals surface area contributed by atoms with Crippen molar-refractivity contribution in [3.8, 4) is 5.75 Å². The van der Waals surface area contributed by atoms with Crippen molar-refractivity contribution in [3.63, 3.8) is 0 Å². The van der Waals surface area contributed by atoms with E-state index < -0.39 is 0 Å². The van der Waals surface area contributed by atoms with E-state index >= 15 is 0 Å². The molecule has 1 aliphatic heterocycles. The minimum absolute atomic E-state index is 0.180. The van der Waals surface area contributed by atoms with Gasteiger partial charge in [-0.15, -0.1) is 0 Å². The van der Waals surface area contributed by atoms with Gasteiger partial charge in [0, 0.05) is 26.1 Å². The van der Waals surface area contributed by atoms with Gasteiger partial charge in [0.05, 0.1) is 6.61 Å². The number of nitrogens with zero attached hydrogens (tertiary/aromatic N) is 1. The van der Waals surface area contributed by atoms with Crippen LogP contribution in [0.2, 0.25) is 0 Å². The van der Waals surface area contributed by atoms with Crippen LogP contribution in [-0.2, 0) is 4.79 Å². The van der Waals surface area contributed by atoms with Crippen molar-refractivity contribution in [3.05, 3.63) is 29.3 Å². The fourth-order valence-electron chi connectivity index (χ4n) is 2.97. The molecule has 0 aliphatic carbocycles. The zero-order valence-electron chi connectivity index (χ0n) is 13.7. The summed E-state index contributed by atoms with van der Waals surface area (Å²) in [6.45, 7) is 6.37. The Morgan fingerprint density at radius 1 is 1.41 bits per heavy atom. The van der Waals surface area contributed by atoms with E-state index in [1.54, 1.807) is 0 Å². The molecule has 1 aliphatic rings. The summed E-state index contributed by atoms with van der Waals surface area (Å²) in [5.74, 6) is 1.34. The Labute approximate surface area is 133 Å². The summed E-state index contributed by atoms with van der Waals surface area (Å²) in [6, 6.07) is 6.13. The normalized spacial score (nSPS) is 18.3. The maximum atomic E-state index is 12.2. The van der Waals surface area contributed by atoms with E-state index in [1.165, 1.54) is 5.56 Å². The number of aryl methyl sites for hydroxylation is 2. The Morgan fingerprint density at radius 2 is 2.23 bits per heavy atom. The molecule has 1 aromatic rings. The molecule has 0 saturated carbocycles. The van der Waals surface area contributed by atoms with Crippen molar-refractivity contribution in [1.82, 2.24) is 4.90 Å². The van der Waals surface area contributed by atoms with Crippen molar-refractivity contribution < 1.29 is 14.6 Å². The van der Waals surface area contributed by atoms with Crippen molar-refractivity contribution in [2.45, 2.75) is 39.5 Å². The Morgan fingerprint density at radius 3 is 2.95 bits per heavy atom. The lowest BCUT2D eigenvalue weighted by Crippen LogP contribution is -2.40. The van der Waals surface area contributed by atoms with Gasteiger partial charge in [-0.25, -0.2) is 0 Å². The Balaban J connectivity index is 1.70. The van der Waals surface area contributed by atoms with Crippen LogP contribution in [0.4, 0.5) is 0 Å². The second kappa shape index (κ2) is 8.18. The highest BCUT2D eigenvalue weighted by Gasteiger charge is 2.22. The molecule has 1 saturated heterocycles. The second-order valence-electron chi connectivity index (χ2n) is 6.25. The van der Waals surface area contributed by atoms with Crippen LogP contribution < -0.4 is 4.74 Å². The quantitative estimate of drug-likeness (QED) is 0.822. The van der Waals surface area contributed by atoms with Crippen LogP contribution in [0.5, 0.6) is 5.75 Å². The Bertz CT molecular complexity index is 501. The topological polar surface area (TPSA) is 49.8 Å². The molecule has 1 heterocycles. The number of hydrogen-bond donors (Lipinski definition) is 1. The zero-order valence-corrected chi connectivity index (χ0v) is 13.7. The smallest absolute Gasteiger partial charge is 0.222 e. The summed E-state index contributed by atoms with van der Waals surface area (Å²) >= 11 is 0. The second-order valence-corrected chi connectivity index (χ2v) is 6.25. The molecule has 1 atom stereocenters. The van der Waals surface area contributed by atoms with Crippen molar-refractivity contribution in [2.75, 3.05) is 26.3 Å². The van der Waals surface area contributed by atoms with Crippen molar-refractivity contribution in [2.24, 2.45) is 5.92 Å². The molecule has 1 fully saturated rings. The van der Waals surface area contributed by atoms with Crippen molar-refractivity contribution in [1.29, 1.82) is 0 Å². The fraction of sp³-hybridized carbons (Fsp3) is 0.611. The molecule has 0 spiro atoms. The van der Waals surface area contributed by atoms with Crippen LogP contribution in [0.1, 0.15) is 36.8 Å². The summed E-state index contributed by atoms with van der Waals surface area (Å²) in [7, 11) is 0. The maximum absolute atomic E-state index is 12.2. The molecule has 1 aromatic carbocycles. The van der Waals surface area contributed by atoms with Gasteiger partial charge in [-0.05, 0) is 50.7 Å². The van der Waals surface area contributed by atoms with E-state index in [2.05, 4.69) is 13.0 Å².